The Bertz CT molecular complexity index is 738. The van der Waals surface area contributed by atoms with Crippen LogP contribution >= 0.6 is 12.4 Å². The molecule has 0 bridgehead atoms. The predicted molar refractivity (Wildman–Crippen MR) is 108 cm³/mol. The van der Waals surface area contributed by atoms with Crippen molar-refractivity contribution in [1.29, 1.82) is 0 Å². The zero-order valence-corrected chi connectivity index (χ0v) is 18.0. The number of likely N-dealkylation sites (N-methyl/N-ethyl adjacent to an activating group) is 1. The Balaban J connectivity index is 0.00000364. The third kappa shape index (κ3) is 5.13. The first-order chi connectivity index (χ1) is 12.4. The number of hydrogen-bond donors (Lipinski definition) is 1. The summed E-state index contributed by atoms with van der Waals surface area (Å²) in [5.74, 6) is 0.193. The molecule has 9 heteroatoms. The predicted octanol–water partition coefficient (Wildman–Crippen LogP) is 1.97. The summed E-state index contributed by atoms with van der Waals surface area (Å²) in [6.45, 7) is 5.61. The second-order valence-corrected chi connectivity index (χ2v) is 8.27. The smallest absolute Gasteiger partial charge is 0.257 e. The van der Waals surface area contributed by atoms with Gasteiger partial charge in [-0.05, 0) is 38.1 Å². The molecule has 1 aromatic rings. The topological polar surface area (TPSA) is 79.0 Å². The quantitative estimate of drug-likeness (QED) is 0.731. The Labute approximate surface area is 168 Å². The highest BCUT2D eigenvalue weighted by molar-refractivity contribution is 7.89. The zero-order valence-electron chi connectivity index (χ0n) is 16.4. The second kappa shape index (κ2) is 10.3. The summed E-state index contributed by atoms with van der Waals surface area (Å²) in [5, 5.41) is 3.21. The SMILES string of the molecule is CCN(CC)S(=O)(=O)c1ccc(OC)c(C(=O)N2CCCC(NC)C2)c1.Cl. The van der Waals surface area contributed by atoms with Gasteiger partial charge in [0, 0.05) is 32.2 Å². The molecule has 1 unspecified atom stereocenters. The first-order valence-electron chi connectivity index (χ1n) is 9.03. The molecule has 7 nitrogen and oxygen atoms in total. The van der Waals surface area contributed by atoms with Gasteiger partial charge in [-0.15, -0.1) is 12.4 Å². The number of halogens is 1. The van der Waals surface area contributed by atoms with Gasteiger partial charge in [0.05, 0.1) is 17.6 Å². The van der Waals surface area contributed by atoms with Crippen molar-refractivity contribution < 1.29 is 17.9 Å². The Morgan fingerprint density at radius 1 is 1.33 bits per heavy atom. The van der Waals surface area contributed by atoms with Crippen molar-refractivity contribution in [2.75, 3.05) is 40.3 Å². The number of carbonyl (C=O) groups is 1. The molecular formula is C18H30ClN3O4S. The molecule has 1 saturated heterocycles. The maximum absolute atomic E-state index is 13.0. The van der Waals surface area contributed by atoms with Crippen molar-refractivity contribution in [3.63, 3.8) is 0 Å². The first-order valence-corrected chi connectivity index (χ1v) is 10.5. The number of piperidine rings is 1. The van der Waals surface area contributed by atoms with Crippen molar-refractivity contribution in [3.8, 4) is 5.75 Å². The van der Waals surface area contributed by atoms with Gasteiger partial charge in [0.2, 0.25) is 10.0 Å². The molecule has 1 aliphatic rings. The van der Waals surface area contributed by atoms with Crippen molar-refractivity contribution in [2.45, 2.75) is 37.6 Å². The summed E-state index contributed by atoms with van der Waals surface area (Å²) >= 11 is 0. The summed E-state index contributed by atoms with van der Waals surface area (Å²) < 4.78 is 32.3. The Hall–Kier alpha value is -1.35. The number of nitrogens with zero attached hydrogens (tertiary/aromatic N) is 2. The van der Waals surface area contributed by atoms with Crippen LogP contribution in [0.25, 0.3) is 0 Å². The number of sulfonamides is 1. The minimum atomic E-state index is -3.63. The maximum atomic E-state index is 13.0. The Morgan fingerprint density at radius 3 is 2.56 bits per heavy atom. The number of carbonyl (C=O) groups excluding carboxylic acids is 1. The van der Waals surface area contributed by atoms with Crippen molar-refractivity contribution in [1.82, 2.24) is 14.5 Å². The van der Waals surface area contributed by atoms with E-state index in [1.165, 1.54) is 23.5 Å². The van der Waals surface area contributed by atoms with Gasteiger partial charge < -0.3 is 15.0 Å². The highest BCUT2D eigenvalue weighted by Crippen LogP contribution is 2.27. The van der Waals surface area contributed by atoms with Crippen LogP contribution in [-0.2, 0) is 10.0 Å². The van der Waals surface area contributed by atoms with E-state index in [0.29, 0.717) is 31.9 Å². The summed E-state index contributed by atoms with van der Waals surface area (Å²) in [6, 6.07) is 4.75. The minimum absolute atomic E-state index is 0. The standard InChI is InChI=1S/C18H29N3O4S.ClH/c1-5-21(6-2)26(23,24)15-9-10-17(25-4)16(12-15)18(22)20-11-7-8-14(13-20)19-3;/h9-10,12,14,19H,5-8,11,13H2,1-4H3;1H. The number of rotatable bonds is 7. The van der Waals surface area contributed by atoms with Crippen LogP contribution in [0.3, 0.4) is 0 Å². The molecule has 1 fully saturated rings. The highest BCUT2D eigenvalue weighted by atomic mass is 35.5. The van der Waals surface area contributed by atoms with E-state index >= 15 is 0 Å². The van der Waals surface area contributed by atoms with E-state index in [0.717, 1.165) is 12.8 Å². The minimum Gasteiger partial charge on any atom is -0.496 e. The monoisotopic (exact) mass is 419 g/mol. The number of nitrogens with one attached hydrogen (secondary N) is 1. The average molecular weight is 420 g/mol. The second-order valence-electron chi connectivity index (χ2n) is 6.33. The third-order valence-electron chi connectivity index (χ3n) is 4.86. The number of ether oxygens (including phenoxy) is 1. The molecule has 1 aliphatic heterocycles. The van der Waals surface area contributed by atoms with E-state index in [9.17, 15) is 13.2 Å². The molecular weight excluding hydrogens is 390 g/mol. The molecule has 1 heterocycles. The van der Waals surface area contributed by atoms with E-state index in [4.69, 9.17) is 4.74 Å². The zero-order chi connectivity index (χ0) is 19.3. The van der Waals surface area contributed by atoms with Crippen LogP contribution in [0.15, 0.2) is 23.1 Å². The van der Waals surface area contributed by atoms with Gasteiger partial charge in [-0.3, -0.25) is 4.79 Å². The molecule has 2 rings (SSSR count). The van der Waals surface area contributed by atoms with Crippen LogP contribution < -0.4 is 10.1 Å². The van der Waals surface area contributed by atoms with E-state index < -0.39 is 10.0 Å². The van der Waals surface area contributed by atoms with Crippen LogP contribution in [0.4, 0.5) is 0 Å². The largest absolute Gasteiger partial charge is 0.496 e. The molecule has 154 valence electrons. The molecule has 1 amide bonds. The normalized spacial score (nSPS) is 17.5. The Kier molecular flexibility index (Phi) is 9.01. The van der Waals surface area contributed by atoms with Crippen molar-refractivity contribution in [2.24, 2.45) is 0 Å². The van der Waals surface area contributed by atoms with E-state index in [1.54, 1.807) is 24.8 Å². The van der Waals surface area contributed by atoms with Gasteiger partial charge in [-0.25, -0.2) is 8.42 Å². The van der Waals surface area contributed by atoms with Crippen LogP contribution in [0.5, 0.6) is 5.75 Å². The van der Waals surface area contributed by atoms with Gasteiger partial charge in [-0.2, -0.15) is 4.31 Å². The van der Waals surface area contributed by atoms with Crippen LogP contribution in [0.2, 0.25) is 0 Å². The van der Waals surface area contributed by atoms with Gasteiger partial charge in [-0.1, -0.05) is 13.8 Å². The van der Waals surface area contributed by atoms with E-state index in [1.807, 2.05) is 7.05 Å². The molecule has 0 aromatic heterocycles. The molecule has 0 radical (unpaired) electrons. The lowest BCUT2D eigenvalue weighted by atomic mass is 10.0. The van der Waals surface area contributed by atoms with Crippen LogP contribution in [-0.4, -0.2) is 69.9 Å². The Morgan fingerprint density at radius 2 is 2.00 bits per heavy atom. The molecule has 27 heavy (non-hydrogen) atoms. The third-order valence-corrected chi connectivity index (χ3v) is 6.91. The molecule has 0 aliphatic carbocycles. The summed E-state index contributed by atoms with van der Waals surface area (Å²) in [4.78, 5) is 14.9. The number of benzene rings is 1. The van der Waals surface area contributed by atoms with Gasteiger partial charge >= 0.3 is 0 Å². The van der Waals surface area contributed by atoms with Gasteiger partial charge in [0.1, 0.15) is 5.75 Å². The van der Waals surface area contributed by atoms with Crippen molar-refractivity contribution >= 4 is 28.3 Å². The molecule has 0 spiro atoms. The molecule has 0 saturated carbocycles. The van der Waals surface area contributed by atoms with Crippen molar-refractivity contribution in [3.05, 3.63) is 23.8 Å². The van der Waals surface area contributed by atoms with E-state index in [2.05, 4.69) is 5.32 Å². The van der Waals surface area contributed by atoms with Crippen LogP contribution in [0.1, 0.15) is 37.0 Å². The lowest BCUT2D eigenvalue weighted by Crippen LogP contribution is -2.47. The molecule has 1 N–H and O–H groups in total. The number of likely N-dealkylation sites (tertiary alicyclic amines) is 1. The van der Waals surface area contributed by atoms with Gasteiger partial charge in [0.15, 0.2) is 0 Å². The average Bonchev–Trinajstić information content (AvgIpc) is 2.67. The summed E-state index contributed by atoms with van der Waals surface area (Å²) in [5.41, 5.74) is 0.289. The molecule has 1 aromatic carbocycles. The summed E-state index contributed by atoms with van der Waals surface area (Å²) in [6.07, 6.45) is 1.94. The van der Waals surface area contributed by atoms with Gasteiger partial charge in [0.25, 0.3) is 5.91 Å². The first kappa shape index (κ1) is 23.7. The fraction of sp³-hybridized carbons (Fsp3) is 0.611. The molecule has 1 atom stereocenters. The maximum Gasteiger partial charge on any atom is 0.257 e. The number of methoxy groups -OCH3 is 1. The number of amides is 1. The fourth-order valence-electron chi connectivity index (χ4n) is 3.29. The fourth-order valence-corrected chi connectivity index (χ4v) is 4.78. The van der Waals surface area contributed by atoms with Crippen LogP contribution in [0, 0.1) is 0 Å². The van der Waals surface area contributed by atoms with E-state index in [-0.39, 0.29) is 34.8 Å². The summed E-state index contributed by atoms with van der Waals surface area (Å²) in [7, 11) is -0.265. The number of hydrogen-bond acceptors (Lipinski definition) is 5. The lowest BCUT2D eigenvalue weighted by molar-refractivity contribution is 0.0694. The highest BCUT2D eigenvalue weighted by Gasteiger charge is 2.28. The lowest BCUT2D eigenvalue weighted by Gasteiger charge is -2.33.